The molecule has 0 N–H and O–H groups in total. The molecule has 25 heavy (non-hydrogen) atoms. The van der Waals surface area contributed by atoms with Gasteiger partial charge in [0.15, 0.2) is 0 Å². The van der Waals surface area contributed by atoms with Gasteiger partial charge in [-0.3, -0.25) is 4.90 Å². The third-order valence-electron chi connectivity index (χ3n) is 7.01. The summed E-state index contributed by atoms with van der Waals surface area (Å²) in [5, 5.41) is 0. The van der Waals surface area contributed by atoms with Gasteiger partial charge in [0, 0.05) is 18.0 Å². The normalized spacial score (nSPS) is 29.8. The number of hydrogen-bond donors (Lipinski definition) is 0. The lowest BCUT2D eigenvalue weighted by Crippen LogP contribution is -2.51. The number of piperidine rings is 1. The van der Waals surface area contributed by atoms with Gasteiger partial charge in [0.2, 0.25) is 0 Å². The molecule has 134 valence electrons. The van der Waals surface area contributed by atoms with Crippen LogP contribution in [0.15, 0.2) is 41.5 Å². The standard InChI is InChI=1S/C24H33N/c1-5-20-11-12-22-19(4)25(16-21-9-10-21)14-13-24(22,15-20)23-17(2)7-6-8-18(23)3/h6-8,11-12,19,21H,5,9-10,13-16H2,1-4H3. The van der Waals surface area contributed by atoms with Crippen LogP contribution in [0, 0.1) is 19.8 Å². The third kappa shape index (κ3) is 2.91. The lowest BCUT2D eigenvalue weighted by Gasteiger charge is -2.51. The van der Waals surface area contributed by atoms with E-state index in [0.29, 0.717) is 6.04 Å². The molecule has 4 rings (SSSR count). The van der Waals surface area contributed by atoms with Gasteiger partial charge in [-0.2, -0.15) is 0 Å². The predicted octanol–water partition coefficient (Wildman–Crippen LogP) is 5.71. The molecule has 1 heteroatoms. The van der Waals surface area contributed by atoms with Crippen molar-refractivity contribution in [3.8, 4) is 0 Å². The maximum Gasteiger partial charge on any atom is 0.0291 e. The Labute approximate surface area is 153 Å². The summed E-state index contributed by atoms with van der Waals surface area (Å²) in [5.74, 6) is 0.973. The molecule has 2 atom stereocenters. The van der Waals surface area contributed by atoms with Gasteiger partial charge in [-0.05, 0) is 87.6 Å². The fourth-order valence-corrected chi connectivity index (χ4v) is 5.46. The van der Waals surface area contributed by atoms with Gasteiger partial charge >= 0.3 is 0 Å². The topological polar surface area (TPSA) is 3.24 Å². The van der Waals surface area contributed by atoms with Crippen molar-refractivity contribution in [2.24, 2.45) is 5.92 Å². The second-order valence-electron chi connectivity index (χ2n) is 8.69. The van der Waals surface area contributed by atoms with E-state index < -0.39 is 0 Å². The van der Waals surface area contributed by atoms with E-state index in [0.717, 1.165) is 5.92 Å². The van der Waals surface area contributed by atoms with Crippen LogP contribution in [0.2, 0.25) is 0 Å². The highest BCUT2D eigenvalue weighted by molar-refractivity contribution is 5.52. The highest BCUT2D eigenvalue weighted by Crippen LogP contribution is 2.51. The van der Waals surface area contributed by atoms with E-state index in [9.17, 15) is 0 Å². The van der Waals surface area contributed by atoms with Gasteiger partial charge in [-0.1, -0.05) is 42.8 Å². The van der Waals surface area contributed by atoms with Gasteiger partial charge in [0.05, 0.1) is 0 Å². The van der Waals surface area contributed by atoms with E-state index >= 15 is 0 Å². The molecule has 0 bridgehead atoms. The zero-order valence-corrected chi connectivity index (χ0v) is 16.4. The number of fused-ring (bicyclic) bond motifs is 1. The summed E-state index contributed by atoms with van der Waals surface area (Å²) in [6, 6.07) is 7.43. The van der Waals surface area contributed by atoms with Crippen molar-refractivity contribution in [2.45, 2.75) is 71.3 Å². The zero-order chi connectivity index (χ0) is 17.6. The maximum absolute atomic E-state index is 2.76. The number of nitrogens with zero attached hydrogens (tertiary/aromatic N) is 1. The summed E-state index contributed by atoms with van der Waals surface area (Å²) < 4.78 is 0. The quantitative estimate of drug-likeness (QED) is 0.681. The number of aryl methyl sites for hydroxylation is 2. The average Bonchev–Trinajstić information content (AvgIpc) is 3.41. The highest BCUT2D eigenvalue weighted by Gasteiger charge is 2.46. The molecule has 2 unspecified atom stereocenters. The molecule has 1 aromatic rings. The summed E-state index contributed by atoms with van der Waals surface area (Å²) in [6.45, 7) is 12.0. The summed E-state index contributed by atoms with van der Waals surface area (Å²) in [6.07, 6.45) is 11.5. The fourth-order valence-electron chi connectivity index (χ4n) is 5.46. The minimum Gasteiger partial charge on any atom is -0.297 e. The average molecular weight is 336 g/mol. The predicted molar refractivity (Wildman–Crippen MR) is 107 cm³/mol. The Hall–Kier alpha value is -1.34. The van der Waals surface area contributed by atoms with Crippen molar-refractivity contribution < 1.29 is 0 Å². The van der Waals surface area contributed by atoms with E-state index in [1.165, 1.54) is 56.3 Å². The maximum atomic E-state index is 2.76. The van der Waals surface area contributed by atoms with Crippen molar-refractivity contribution in [3.63, 3.8) is 0 Å². The number of likely N-dealkylation sites (tertiary alicyclic amines) is 1. The van der Waals surface area contributed by atoms with Crippen LogP contribution >= 0.6 is 0 Å². The van der Waals surface area contributed by atoms with Crippen molar-refractivity contribution in [1.29, 1.82) is 0 Å². The number of allylic oxidation sites excluding steroid dienone is 3. The first-order valence-corrected chi connectivity index (χ1v) is 10.3. The lowest BCUT2D eigenvalue weighted by atomic mass is 9.60. The SMILES string of the molecule is CCC1=CC=C2C(C)N(CC3CC3)CCC2(c2c(C)cccc2C)C1. The smallest absolute Gasteiger partial charge is 0.0291 e. The van der Waals surface area contributed by atoms with E-state index in [1.807, 2.05) is 0 Å². The fraction of sp³-hybridized carbons (Fsp3) is 0.583. The molecule has 0 amide bonds. The molecule has 1 saturated heterocycles. The Bertz CT molecular complexity index is 701. The van der Waals surface area contributed by atoms with Crippen LogP contribution in [-0.4, -0.2) is 24.0 Å². The van der Waals surface area contributed by atoms with Crippen molar-refractivity contribution in [3.05, 3.63) is 58.2 Å². The summed E-state index contributed by atoms with van der Waals surface area (Å²) in [7, 11) is 0. The molecule has 0 aromatic heterocycles. The summed E-state index contributed by atoms with van der Waals surface area (Å²) >= 11 is 0. The van der Waals surface area contributed by atoms with Crippen LogP contribution in [0.5, 0.6) is 0 Å². The molecule has 0 spiro atoms. The van der Waals surface area contributed by atoms with Crippen molar-refractivity contribution >= 4 is 0 Å². The number of rotatable bonds is 4. The monoisotopic (exact) mass is 335 g/mol. The molecule has 1 saturated carbocycles. The molecule has 3 aliphatic rings. The molecule has 1 aliphatic heterocycles. The number of hydrogen-bond acceptors (Lipinski definition) is 1. The van der Waals surface area contributed by atoms with E-state index in [1.54, 1.807) is 16.7 Å². The molecule has 1 aromatic carbocycles. The van der Waals surface area contributed by atoms with Gasteiger partial charge in [0.25, 0.3) is 0 Å². The summed E-state index contributed by atoms with van der Waals surface area (Å²) in [4.78, 5) is 2.76. The number of benzene rings is 1. The Morgan fingerprint density at radius 2 is 1.84 bits per heavy atom. The van der Waals surface area contributed by atoms with Crippen LogP contribution < -0.4 is 0 Å². The molecule has 2 fully saturated rings. The Kier molecular flexibility index (Phi) is 4.40. The van der Waals surface area contributed by atoms with Crippen LogP contribution in [-0.2, 0) is 5.41 Å². The van der Waals surface area contributed by atoms with Crippen molar-refractivity contribution in [1.82, 2.24) is 4.90 Å². The molecular formula is C24H33N. The van der Waals surface area contributed by atoms with Crippen LogP contribution in [0.1, 0.15) is 62.6 Å². The van der Waals surface area contributed by atoms with Gasteiger partial charge in [-0.15, -0.1) is 0 Å². The van der Waals surface area contributed by atoms with Gasteiger partial charge in [-0.25, -0.2) is 0 Å². The lowest BCUT2D eigenvalue weighted by molar-refractivity contribution is 0.150. The second-order valence-corrected chi connectivity index (χ2v) is 8.69. The Balaban J connectivity index is 1.79. The Morgan fingerprint density at radius 3 is 2.48 bits per heavy atom. The first kappa shape index (κ1) is 17.1. The van der Waals surface area contributed by atoms with Crippen LogP contribution in [0.3, 0.4) is 0 Å². The first-order valence-electron chi connectivity index (χ1n) is 10.3. The van der Waals surface area contributed by atoms with E-state index in [4.69, 9.17) is 0 Å². The first-order chi connectivity index (χ1) is 12.0. The van der Waals surface area contributed by atoms with Gasteiger partial charge in [0.1, 0.15) is 0 Å². The minimum absolute atomic E-state index is 0.231. The largest absolute Gasteiger partial charge is 0.297 e. The Morgan fingerprint density at radius 1 is 1.12 bits per heavy atom. The third-order valence-corrected chi connectivity index (χ3v) is 7.01. The molecule has 1 heterocycles. The van der Waals surface area contributed by atoms with Gasteiger partial charge < -0.3 is 0 Å². The van der Waals surface area contributed by atoms with Crippen LogP contribution in [0.4, 0.5) is 0 Å². The second kappa shape index (κ2) is 6.43. The molecule has 0 radical (unpaired) electrons. The minimum atomic E-state index is 0.231. The molecule has 1 nitrogen and oxygen atoms in total. The highest BCUT2D eigenvalue weighted by atomic mass is 15.2. The van der Waals surface area contributed by atoms with E-state index in [-0.39, 0.29) is 5.41 Å². The summed E-state index contributed by atoms with van der Waals surface area (Å²) in [5.41, 5.74) is 8.10. The van der Waals surface area contributed by atoms with Crippen molar-refractivity contribution in [2.75, 3.05) is 13.1 Å². The molecule has 2 aliphatic carbocycles. The van der Waals surface area contributed by atoms with E-state index in [2.05, 4.69) is 62.9 Å². The zero-order valence-electron chi connectivity index (χ0n) is 16.4. The van der Waals surface area contributed by atoms with Crippen LogP contribution in [0.25, 0.3) is 0 Å². The molecular weight excluding hydrogens is 302 g/mol.